The average Bonchev–Trinajstić information content (AvgIpc) is 2.58. The van der Waals surface area contributed by atoms with Crippen molar-refractivity contribution in [2.24, 2.45) is 5.16 Å². The van der Waals surface area contributed by atoms with E-state index in [-0.39, 0.29) is 35.9 Å². The highest BCUT2D eigenvalue weighted by Crippen LogP contribution is 2.39. The minimum absolute atomic E-state index is 0.00433. The van der Waals surface area contributed by atoms with Crippen LogP contribution in [0.4, 0.5) is 0 Å². The molecule has 1 aromatic heterocycles. The summed E-state index contributed by atoms with van der Waals surface area (Å²) >= 11 is 12.6. The van der Waals surface area contributed by atoms with E-state index in [4.69, 9.17) is 28.0 Å². The molecule has 0 spiro atoms. The second kappa shape index (κ2) is 8.19. The number of hydrogen-bond donors (Lipinski definition) is 1. The van der Waals surface area contributed by atoms with Crippen molar-refractivity contribution in [2.75, 3.05) is 6.61 Å². The first-order chi connectivity index (χ1) is 11.8. The molecule has 0 fully saturated rings. The van der Waals surface area contributed by atoms with Crippen LogP contribution in [0, 0.1) is 13.8 Å². The van der Waals surface area contributed by atoms with Gasteiger partial charge in [-0.1, -0.05) is 35.3 Å². The van der Waals surface area contributed by atoms with Gasteiger partial charge in [0, 0.05) is 18.8 Å². The third kappa shape index (κ3) is 3.98. The number of Topliss-reactive ketones (excluding diaryl/α,β-unsaturated/α-hetero) is 1. The number of ketones is 1. The molecule has 1 aromatic rings. The van der Waals surface area contributed by atoms with E-state index in [1.807, 2.05) is 20.8 Å². The molecule has 1 heterocycles. The summed E-state index contributed by atoms with van der Waals surface area (Å²) in [4.78, 5) is 22.2. The van der Waals surface area contributed by atoms with Crippen molar-refractivity contribution in [2.45, 2.75) is 52.9 Å². The third-order valence-electron chi connectivity index (χ3n) is 4.24. The molecule has 1 aliphatic carbocycles. The van der Waals surface area contributed by atoms with Crippen LogP contribution >= 0.6 is 23.2 Å². The van der Waals surface area contributed by atoms with Crippen LogP contribution in [0.2, 0.25) is 10.0 Å². The smallest absolute Gasteiger partial charge is 0.168 e. The summed E-state index contributed by atoms with van der Waals surface area (Å²) in [5.41, 5.74) is 2.71. The predicted molar refractivity (Wildman–Crippen MR) is 99.7 cm³/mol. The van der Waals surface area contributed by atoms with Crippen LogP contribution in [0.1, 0.15) is 56.0 Å². The Labute approximate surface area is 157 Å². The van der Waals surface area contributed by atoms with Crippen molar-refractivity contribution < 1.29 is 14.7 Å². The van der Waals surface area contributed by atoms with Crippen molar-refractivity contribution in [3.8, 4) is 0 Å². The minimum Gasteiger partial charge on any atom is -0.511 e. The van der Waals surface area contributed by atoms with Crippen LogP contribution in [-0.2, 0) is 9.63 Å². The maximum atomic E-state index is 12.6. The second-order valence-corrected chi connectivity index (χ2v) is 6.75. The Morgan fingerprint density at radius 2 is 1.96 bits per heavy atom. The zero-order valence-electron chi connectivity index (χ0n) is 14.8. The lowest BCUT2D eigenvalue weighted by molar-refractivity contribution is -0.116. The maximum Gasteiger partial charge on any atom is 0.168 e. The highest BCUT2D eigenvalue weighted by molar-refractivity contribution is 6.36. The van der Waals surface area contributed by atoms with Gasteiger partial charge in [-0.25, -0.2) is 0 Å². The van der Waals surface area contributed by atoms with E-state index in [2.05, 4.69) is 10.1 Å². The number of pyridine rings is 1. The molecule has 0 bridgehead atoms. The first kappa shape index (κ1) is 19.7. The lowest BCUT2D eigenvalue weighted by Crippen LogP contribution is -2.24. The van der Waals surface area contributed by atoms with E-state index >= 15 is 0 Å². The van der Waals surface area contributed by atoms with E-state index in [1.54, 1.807) is 6.92 Å². The van der Waals surface area contributed by atoms with E-state index in [0.29, 0.717) is 40.2 Å². The van der Waals surface area contributed by atoms with E-state index in [9.17, 15) is 9.90 Å². The van der Waals surface area contributed by atoms with Gasteiger partial charge in [0.1, 0.15) is 12.4 Å². The average molecular weight is 385 g/mol. The number of carbonyl (C=O) groups excluding carboxylic acids is 1. The standard InChI is InChI=1S/C18H22Cl2N2O3/c1-5-12(22-25-6-2)15-13(23)7-11(8-14(15)24)18-17(20)9(3)16(19)10(4)21-18/h11,23H,5-8H2,1-4H3/b22-12+. The molecular formula is C18H22Cl2N2O3. The predicted octanol–water partition coefficient (Wildman–Crippen LogP) is 5.07. The summed E-state index contributed by atoms with van der Waals surface area (Å²) < 4.78 is 0. The number of aromatic nitrogens is 1. The molecule has 1 aliphatic rings. The Morgan fingerprint density at radius 1 is 1.28 bits per heavy atom. The van der Waals surface area contributed by atoms with Crippen molar-refractivity contribution >= 4 is 34.7 Å². The summed E-state index contributed by atoms with van der Waals surface area (Å²) in [6, 6.07) is 0. The largest absolute Gasteiger partial charge is 0.511 e. The lowest BCUT2D eigenvalue weighted by Gasteiger charge is -2.25. The topological polar surface area (TPSA) is 71.8 Å². The van der Waals surface area contributed by atoms with E-state index in [1.165, 1.54) is 0 Å². The zero-order chi connectivity index (χ0) is 18.7. The van der Waals surface area contributed by atoms with Crippen LogP contribution in [0.25, 0.3) is 0 Å². The number of allylic oxidation sites excluding steroid dienone is 2. The molecule has 25 heavy (non-hydrogen) atoms. The third-order valence-corrected chi connectivity index (χ3v) is 5.28. The summed E-state index contributed by atoms with van der Waals surface area (Å²) in [5.74, 6) is -0.467. The summed E-state index contributed by atoms with van der Waals surface area (Å²) in [7, 11) is 0. The summed E-state index contributed by atoms with van der Waals surface area (Å²) in [6.07, 6.45) is 0.977. The molecule has 0 saturated heterocycles. The molecule has 0 aliphatic heterocycles. The zero-order valence-corrected chi connectivity index (χ0v) is 16.3. The normalized spacial score (nSPS) is 18.7. The van der Waals surface area contributed by atoms with Gasteiger partial charge in [-0.2, -0.15) is 0 Å². The number of aliphatic hydroxyl groups excluding tert-OH is 1. The van der Waals surface area contributed by atoms with Gasteiger partial charge in [0.2, 0.25) is 0 Å². The minimum atomic E-state index is -0.288. The molecule has 0 amide bonds. The van der Waals surface area contributed by atoms with Gasteiger partial charge in [-0.3, -0.25) is 9.78 Å². The number of hydrogen-bond acceptors (Lipinski definition) is 5. The van der Waals surface area contributed by atoms with Gasteiger partial charge in [0.05, 0.1) is 32.7 Å². The van der Waals surface area contributed by atoms with Crippen LogP contribution in [0.5, 0.6) is 0 Å². The first-order valence-corrected chi connectivity index (χ1v) is 9.03. The molecule has 0 aromatic carbocycles. The lowest BCUT2D eigenvalue weighted by atomic mass is 9.82. The van der Waals surface area contributed by atoms with Gasteiger partial charge in [-0.15, -0.1) is 0 Å². The van der Waals surface area contributed by atoms with Crippen LogP contribution < -0.4 is 0 Å². The number of rotatable bonds is 5. The maximum absolute atomic E-state index is 12.6. The molecule has 1 atom stereocenters. The van der Waals surface area contributed by atoms with Gasteiger partial charge >= 0.3 is 0 Å². The molecule has 0 radical (unpaired) electrons. The van der Waals surface area contributed by atoms with Gasteiger partial charge in [0.25, 0.3) is 0 Å². The number of oxime groups is 1. The molecule has 5 nitrogen and oxygen atoms in total. The Bertz CT molecular complexity index is 757. The fourth-order valence-electron chi connectivity index (χ4n) is 2.95. The van der Waals surface area contributed by atoms with Gasteiger partial charge in [0.15, 0.2) is 5.78 Å². The number of aryl methyl sites for hydroxylation is 1. The van der Waals surface area contributed by atoms with Crippen molar-refractivity contribution in [1.29, 1.82) is 0 Å². The molecule has 1 unspecified atom stereocenters. The SMILES string of the molecule is CCO/N=C(\CC)C1=C(O)CC(c2nc(C)c(Cl)c(C)c2Cl)CC1=O. The van der Waals surface area contributed by atoms with Gasteiger partial charge in [-0.05, 0) is 32.8 Å². The number of carbonyl (C=O) groups is 1. The summed E-state index contributed by atoms with van der Waals surface area (Å²) in [5, 5.41) is 15.4. The van der Waals surface area contributed by atoms with E-state index < -0.39 is 0 Å². The van der Waals surface area contributed by atoms with Crippen molar-refractivity contribution in [3.05, 3.63) is 38.3 Å². The molecule has 136 valence electrons. The highest BCUT2D eigenvalue weighted by Gasteiger charge is 2.33. The van der Waals surface area contributed by atoms with E-state index in [0.717, 1.165) is 5.56 Å². The van der Waals surface area contributed by atoms with Gasteiger partial charge < -0.3 is 9.94 Å². The number of nitrogens with zero attached hydrogens (tertiary/aromatic N) is 2. The van der Waals surface area contributed by atoms with Crippen LogP contribution in [0.3, 0.4) is 0 Å². The summed E-state index contributed by atoms with van der Waals surface area (Å²) in [6.45, 7) is 7.69. The Hall–Kier alpha value is -1.59. The van der Waals surface area contributed by atoms with Crippen molar-refractivity contribution in [3.63, 3.8) is 0 Å². The Kier molecular flexibility index (Phi) is 6.47. The fourth-order valence-corrected chi connectivity index (χ4v) is 3.43. The molecule has 1 N–H and O–H groups in total. The highest BCUT2D eigenvalue weighted by atomic mass is 35.5. The van der Waals surface area contributed by atoms with Crippen LogP contribution in [-0.4, -0.2) is 28.2 Å². The quantitative estimate of drug-likeness (QED) is 0.568. The molecule has 7 heteroatoms. The number of aliphatic hydroxyl groups is 1. The second-order valence-electron chi connectivity index (χ2n) is 5.99. The van der Waals surface area contributed by atoms with Crippen molar-refractivity contribution in [1.82, 2.24) is 4.98 Å². The van der Waals surface area contributed by atoms with Crippen LogP contribution in [0.15, 0.2) is 16.5 Å². The molecule has 2 rings (SSSR count). The first-order valence-electron chi connectivity index (χ1n) is 8.28. The Morgan fingerprint density at radius 3 is 2.52 bits per heavy atom. The Balaban J connectivity index is 2.41. The molecular weight excluding hydrogens is 363 g/mol. The fraction of sp³-hybridized carbons (Fsp3) is 0.500. The molecule has 0 saturated carbocycles. The number of halogens is 2. The monoisotopic (exact) mass is 384 g/mol.